The van der Waals surface area contributed by atoms with Gasteiger partial charge in [-0.2, -0.15) is 0 Å². The molecular weight excluding hydrogens is 184 g/mol. The van der Waals surface area contributed by atoms with Gasteiger partial charge in [0.05, 0.1) is 6.54 Å². The highest BCUT2D eigenvalue weighted by atomic mass is 16.4. The summed E-state index contributed by atoms with van der Waals surface area (Å²) in [6, 6.07) is 0. The van der Waals surface area contributed by atoms with E-state index in [0.717, 1.165) is 0 Å². The average Bonchev–Trinajstić information content (AvgIpc) is 2.14. The second-order valence-corrected chi connectivity index (χ2v) is 2.72. The summed E-state index contributed by atoms with van der Waals surface area (Å²) in [6.07, 6.45) is 1.64. The lowest BCUT2D eigenvalue weighted by molar-refractivity contribution is -0.143. The van der Waals surface area contributed by atoms with E-state index >= 15 is 0 Å². The lowest BCUT2D eigenvalue weighted by Gasteiger charge is -2.18. The lowest BCUT2D eigenvalue weighted by atomic mass is 10.4. The lowest BCUT2D eigenvalue weighted by Crippen LogP contribution is -2.40. The van der Waals surface area contributed by atoms with Gasteiger partial charge >= 0.3 is 5.97 Å². The fourth-order valence-corrected chi connectivity index (χ4v) is 0.933. The van der Waals surface area contributed by atoms with Crippen LogP contribution in [0.5, 0.6) is 0 Å². The Kier molecular flexibility index (Phi) is 6.39. The number of nitrogens with one attached hydrogen (secondary N) is 1. The number of carbonyl (C=O) groups excluding carboxylic acids is 1. The van der Waals surface area contributed by atoms with Crippen LogP contribution >= 0.6 is 0 Å². The van der Waals surface area contributed by atoms with Crippen LogP contribution in [0.1, 0.15) is 6.92 Å². The molecule has 0 fully saturated rings. The molecule has 0 atom stereocenters. The summed E-state index contributed by atoms with van der Waals surface area (Å²) in [4.78, 5) is 23.0. The highest BCUT2D eigenvalue weighted by Gasteiger charge is 2.13. The van der Waals surface area contributed by atoms with Crippen LogP contribution in [0.4, 0.5) is 0 Å². The summed E-state index contributed by atoms with van der Waals surface area (Å²) in [5.41, 5.74) is 0. The highest BCUT2D eigenvalue weighted by molar-refractivity contribution is 5.82. The number of rotatable bonds is 7. The van der Waals surface area contributed by atoms with Crippen LogP contribution in [-0.4, -0.2) is 48.1 Å². The first-order valence-electron chi connectivity index (χ1n) is 4.43. The number of amides is 1. The predicted molar refractivity (Wildman–Crippen MR) is 53.0 cm³/mol. The molecule has 0 bridgehead atoms. The molecule has 0 aromatic carbocycles. The van der Waals surface area contributed by atoms with Gasteiger partial charge in [-0.05, 0) is 6.92 Å². The normalized spacial score (nSPS) is 9.50. The molecule has 1 amide bonds. The second kappa shape index (κ2) is 7.08. The number of hydrogen-bond acceptors (Lipinski definition) is 3. The van der Waals surface area contributed by atoms with Crippen molar-refractivity contribution < 1.29 is 14.7 Å². The maximum Gasteiger partial charge on any atom is 0.323 e. The minimum absolute atomic E-state index is 0.146. The summed E-state index contributed by atoms with van der Waals surface area (Å²) in [5, 5.41) is 11.3. The molecular formula is C9H16N2O3. The molecule has 0 heterocycles. The summed E-state index contributed by atoms with van der Waals surface area (Å²) < 4.78 is 0. The van der Waals surface area contributed by atoms with Gasteiger partial charge in [0.15, 0.2) is 0 Å². The Labute approximate surface area is 83.4 Å². The number of carboxylic acid groups (broad SMARTS) is 1. The molecule has 0 spiro atoms. The molecule has 0 rings (SSSR count). The zero-order valence-electron chi connectivity index (χ0n) is 8.32. The van der Waals surface area contributed by atoms with Crippen LogP contribution in [0, 0.1) is 0 Å². The Balaban J connectivity index is 3.91. The molecule has 80 valence electrons. The van der Waals surface area contributed by atoms with E-state index < -0.39 is 5.97 Å². The summed E-state index contributed by atoms with van der Waals surface area (Å²) in [6.45, 7) is 6.08. The van der Waals surface area contributed by atoms with Crippen LogP contribution < -0.4 is 5.32 Å². The standard InChI is InChI=1S/C9H16N2O3/c1-3-5-10-6-8(12)11(4-2)7-9(13)14/h3,10H,1,4-7H2,2H3,(H,13,14). The van der Waals surface area contributed by atoms with E-state index in [2.05, 4.69) is 11.9 Å². The molecule has 5 nitrogen and oxygen atoms in total. The van der Waals surface area contributed by atoms with Crippen molar-refractivity contribution in [3.63, 3.8) is 0 Å². The fourth-order valence-electron chi connectivity index (χ4n) is 0.933. The molecule has 0 aromatic heterocycles. The van der Waals surface area contributed by atoms with Crippen molar-refractivity contribution in [3.8, 4) is 0 Å². The molecule has 0 radical (unpaired) electrons. The van der Waals surface area contributed by atoms with Gasteiger partial charge in [0.1, 0.15) is 6.54 Å². The van der Waals surface area contributed by atoms with E-state index in [-0.39, 0.29) is 19.0 Å². The molecule has 0 saturated carbocycles. The fraction of sp³-hybridized carbons (Fsp3) is 0.556. The summed E-state index contributed by atoms with van der Waals surface area (Å²) in [5.74, 6) is -1.21. The first-order chi connectivity index (χ1) is 6.61. The smallest absolute Gasteiger partial charge is 0.323 e. The van der Waals surface area contributed by atoms with Gasteiger partial charge < -0.3 is 15.3 Å². The van der Waals surface area contributed by atoms with Crippen LogP contribution in [0.15, 0.2) is 12.7 Å². The molecule has 5 heteroatoms. The molecule has 0 saturated heterocycles. The maximum atomic E-state index is 11.4. The molecule has 0 aliphatic carbocycles. The number of hydrogen-bond donors (Lipinski definition) is 2. The van der Waals surface area contributed by atoms with E-state index in [1.54, 1.807) is 13.0 Å². The van der Waals surface area contributed by atoms with E-state index in [1.165, 1.54) is 4.90 Å². The largest absolute Gasteiger partial charge is 0.480 e. The highest BCUT2D eigenvalue weighted by Crippen LogP contribution is 1.88. The van der Waals surface area contributed by atoms with Crippen molar-refractivity contribution in [1.82, 2.24) is 10.2 Å². The maximum absolute atomic E-state index is 11.4. The van der Waals surface area contributed by atoms with Crippen LogP contribution in [0.25, 0.3) is 0 Å². The average molecular weight is 200 g/mol. The molecule has 0 unspecified atom stereocenters. The van der Waals surface area contributed by atoms with Crippen LogP contribution in [0.2, 0.25) is 0 Å². The van der Waals surface area contributed by atoms with Gasteiger partial charge in [-0.1, -0.05) is 6.08 Å². The van der Waals surface area contributed by atoms with Crippen molar-refractivity contribution >= 4 is 11.9 Å². The van der Waals surface area contributed by atoms with E-state index in [0.29, 0.717) is 13.1 Å². The van der Waals surface area contributed by atoms with Crippen LogP contribution in [0.3, 0.4) is 0 Å². The Morgan fingerprint density at radius 3 is 2.64 bits per heavy atom. The summed E-state index contributed by atoms with van der Waals surface area (Å²) in [7, 11) is 0. The van der Waals surface area contributed by atoms with Gasteiger partial charge in [0, 0.05) is 13.1 Å². The zero-order valence-corrected chi connectivity index (χ0v) is 8.32. The first-order valence-corrected chi connectivity index (χ1v) is 4.43. The van der Waals surface area contributed by atoms with Crippen molar-refractivity contribution in [2.45, 2.75) is 6.92 Å². The molecule has 0 aliphatic heterocycles. The third-order valence-corrected chi connectivity index (χ3v) is 1.63. The minimum Gasteiger partial charge on any atom is -0.480 e. The first kappa shape index (κ1) is 12.6. The quantitative estimate of drug-likeness (QED) is 0.437. The molecule has 2 N–H and O–H groups in total. The van der Waals surface area contributed by atoms with Crippen molar-refractivity contribution in [2.24, 2.45) is 0 Å². The zero-order chi connectivity index (χ0) is 11.0. The number of carbonyl (C=O) groups is 2. The Hall–Kier alpha value is -1.36. The Morgan fingerprint density at radius 1 is 1.57 bits per heavy atom. The second-order valence-electron chi connectivity index (χ2n) is 2.72. The topological polar surface area (TPSA) is 69.6 Å². The minimum atomic E-state index is -0.996. The number of nitrogens with zero attached hydrogens (tertiary/aromatic N) is 1. The van der Waals surface area contributed by atoms with Gasteiger partial charge in [0.25, 0.3) is 0 Å². The van der Waals surface area contributed by atoms with Gasteiger partial charge in [-0.25, -0.2) is 0 Å². The van der Waals surface area contributed by atoms with Crippen LogP contribution in [-0.2, 0) is 9.59 Å². The third kappa shape index (κ3) is 5.31. The number of carboxylic acids is 1. The van der Waals surface area contributed by atoms with E-state index in [4.69, 9.17) is 5.11 Å². The van der Waals surface area contributed by atoms with Gasteiger partial charge in [-0.15, -0.1) is 6.58 Å². The predicted octanol–water partition coefficient (Wildman–Crippen LogP) is -0.305. The number of likely N-dealkylation sites (N-methyl/N-ethyl adjacent to an activating group) is 1. The number of aliphatic carboxylic acids is 1. The summed E-state index contributed by atoms with van der Waals surface area (Å²) >= 11 is 0. The van der Waals surface area contributed by atoms with Crippen molar-refractivity contribution in [1.29, 1.82) is 0 Å². The van der Waals surface area contributed by atoms with Gasteiger partial charge in [-0.3, -0.25) is 9.59 Å². The molecule has 0 aromatic rings. The Morgan fingerprint density at radius 2 is 2.21 bits per heavy atom. The van der Waals surface area contributed by atoms with Crippen molar-refractivity contribution in [3.05, 3.63) is 12.7 Å². The molecule has 0 aliphatic rings. The Bertz CT molecular complexity index is 216. The van der Waals surface area contributed by atoms with Crippen molar-refractivity contribution in [2.75, 3.05) is 26.2 Å². The van der Waals surface area contributed by atoms with E-state index in [9.17, 15) is 9.59 Å². The SMILES string of the molecule is C=CCNCC(=O)N(CC)CC(=O)O. The van der Waals surface area contributed by atoms with Gasteiger partial charge in [0.2, 0.25) is 5.91 Å². The third-order valence-electron chi connectivity index (χ3n) is 1.63. The monoisotopic (exact) mass is 200 g/mol. The van der Waals surface area contributed by atoms with E-state index in [1.807, 2.05) is 0 Å². The molecule has 14 heavy (non-hydrogen) atoms.